The second kappa shape index (κ2) is 11.3. The van der Waals surface area contributed by atoms with Gasteiger partial charge in [0.15, 0.2) is 8.38 Å². The molecule has 1 aromatic heterocycles. The Bertz CT molecular complexity index is 762. The highest BCUT2D eigenvalue weighted by Gasteiger charge is 2.39. The Morgan fingerprint density at radius 2 is 2.10 bits per heavy atom. The van der Waals surface area contributed by atoms with Crippen molar-refractivity contribution >= 4 is 38.9 Å². The van der Waals surface area contributed by atoms with Gasteiger partial charge in [-0.1, -0.05) is 0 Å². The zero-order chi connectivity index (χ0) is 22.6. The molecule has 8 unspecified atom stereocenters. The highest BCUT2D eigenvalue weighted by molar-refractivity contribution is 7.51. The van der Waals surface area contributed by atoms with Gasteiger partial charge in [0, 0.05) is 38.2 Å². The van der Waals surface area contributed by atoms with Crippen molar-refractivity contribution < 1.29 is 37.2 Å². The molecule has 31 heavy (non-hydrogen) atoms. The van der Waals surface area contributed by atoms with E-state index in [1.165, 1.54) is 12.4 Å². The van der Waals surface area contributed by atoms with E-state index < -0.39 is 22.2 Å². The Kier molecular flexibility index (Phi) is 9.24. The lowest BCUT2D eigenvalue weighted by Gasteiger charge is -2.25. The molecule has 8 atom stereocenters. The number of imidazole rings is 1. The van der Waals surface area contributed by atoms with Gasteiger partial charge in [0.1, 0.15) is 33.0 Å². The van der Waals surface area contributed by atoms with Crippen molar-refractivity contribution in [1.82, 2.24) is 9.32 Å². The first-order valence-electron chi connectivity index (χ1n) is 10.6. The van der Waals surface area contributed by atoms with Gasteiger partial charge in [-0.25, -0.2) is 13.9 Å². The molecule has 0 radical (unpaired) electrons. The predicted octanol–water partition coefficient (Wildman–Crippen LogP) is -0.637. The molecule has 3 heterocycles. The van der Waals surface area contributed by atoms with Crippen molar-refractivity contribution in [3.8, 4) is 0 Å². The summed E-state index contributed by atoms with van der Waals surface area (Å²) in [5, 5.41) is 0. The third-order valence-corrected chi connectivity index (χ3v) is 8.14. The third kappa shape index (κ3) is 6.65. The largest absolute Gasteiger partial charge is 0.437 e. The molecule has 172 valence electrons. The molecule has 3 rings (SSSR count). The monoisotopic (exact) mass is 474 g/mol. The second-order valence-electron chi connectivity index (χ2n) is 7.92. The minimum Gasteiger partial charge on any atom is -0.379 e. The van der Waals surface area contributed by atoms with E-state index in [0.717, 1.165) is 17.9 Å². The average Bonchev–Trinajstić information content (AvgIpc) is 3.43. The molecule has 0 amide bonds. The molecule has 0 spiro atoms. The molecule has 2 fully saturated rings. The maximum Gasteiger partial charge on any atom is 0.437 e. The van der Waals surface area contributed by atoms with Gasteiger partial charge in [-0.3, -0.25) is 4.52 Å². The number of methoxy groups -OCH3 is 1. The summed E-state index contributed by atoms with van der Waals surface area (Å²) in [6, 6.07) is 0.151. The van der Waals surface area contributed by atoms with E-state index in [1.54, 1.807) is 14.0 Å². The number of aromatic nitrogens is 2. The van der Waals surface area contributed by atoms with Crippen LogP contribution in [-0.4, -0.2) is 100 Å². The molecule has 0 aliphatic carbocycles. The smallest absolute Gasteiger partial charge is 0.379 e. The maximum absolute atomic E-state index is 12.5. The van der Waals surface area contributed by atoms with Crippen LogP contribution in [0, 0.1) is 6.92 Å². The number of hydrogen-bond acceptors (Lipinski definition) is 8. The van der Waals surface area contributed by atoms with Gasteiger partial charge in [-0.05, 0) is 19.8 Å². The lowest BCUT2D eigenvalue weighted by molar-refractivity contribution is -0.0201. The fourth-order valence-corrected chi connectivity index (χ4v) is 6.04. The standard InChI is InChI=1S/C16H31B3N2O8P2/c1-10-20-4-5-21(10)31(22,23)26-9-14-12(6-15(17)27-14)29-30(3)25-8-13-11(24-2)7-16(19-18)28-13/h4-5,11-16,19H,6-9,17-18H2,1-3H3,(H,22,23). The quantitative estimate of drug-likeness (QED) is 0.331. The summed E-state index contributed by atoms with van der Waals surface area (Å²) < 4.78 is 48.4. The van der Waals surface area contributed by atoms with Crippen LogP contribution >= 0.6 is 16.1 Å². The Hall–Kier alpha value is -0.215. The Balaban J connectivity index is 1.49. The first-order chi connectivity index (χ1) is 14.7. The van der Waals surface area contributed by atoms with E-state index in [4.69, 9.17) is 27.8 Å². The maximum atomic E-state index is 12.5. The van der Waals surface area contributed by atoms with Crippen LogP contribution in [0.1, 0.15) is 18.7 Å². The first-order valence-corrected chi connectivity index (χ1v) is 13.7. The topological polar surface area (TPSA) is 110 Å². The van der Waals surface area contributed by atoms with E-state index in [9.17, 15) is 9.46 Å². The predicted molar refractivity (Wildman–Crippen MR) is 123 cm³/mol. The molecule has 2 aliphatic heterocycles. The van der Waals surface area contributed by atoms with Crippen LogP contribution in [0.3, 0.4) is 0 Å². The SMILES string of the molecule is BBC1CC(OC)C(COP(C)OC2CC(B)OC2COP(=O)(O)n2ccnc2C)O1. The lowest BCUT2D eigenvalue weighted by atomic mass is 9.51. The summed E-state index contributed by atoms with van der Waals surface area (Å²) in [6.07, 6.45) is 3.55. The molecule has 1 aromatic rings. The highest BCUT2D eigenvalue weighted by atomic mass is 31.2. The van der Waals surface area contributed by atoms with Crippen LogP contribution in [-0.2, 0) is 32.3 Å². The molecule has 0 bridgehead atoms. The van der Waals surface area contributed by atoms with Gasteiger partial charge in [0.2, 0.25) is 0 Å². The van der Waals surface area contributed by atoms with Crippen molar-refractivity contribution in [2.24, 2.45) is 0 Å². The highest BCUT2D eigenvalue weighted by Crippen LogP contribution is 2.46. The molecule has 2 aliphatic rings. The number of ether oxygens (including phenoxy) is 3. The minimum atomic E-state index is -4.05. The van der Waals surface area contributed by atoms with E-state index in [0.29, 0.717) is 18.9 Å². The summed E-state index contributed by atoms with van der Waals surface area (Å²) in [5.74, 6) is 0.402. The first kappa shape index (κ1) is 25.4. The number of rotatable bonds is 11. The van der Waals surface area contributed by atoms with Crippen LogP contribution in [0.2, 0.25) is 0 Å². The molecule has 1 N–H and O–H groups in total. The molecule has 10 nitrogen and oxygen atoms in total. The molecule has 0 aromatic carbocycles. The summed E-state index contributed by atoms with van der Waals surface area (Å²) in [5.41, 5.74) is 0. The van der Waals surface area contributed by atoms with Gasteiger partial charge in [-0.15, -0.1) is 0 Å². The molecule has 15 heteroatoms. The van der Waals surface area contributed by atoms with Crippen molar-refractivity contribution in [3.63, 3.8) is 0 Å². The molecule has 2 saturated heterocycles. The average molecular weight is 474 g/mol. The number of aryl methyl sites for hydroxylation is 1. The Morgan fingerprint density at radius 1 is 1.35 bits per heavy atom. The van der Waals surface area contributed by atoms with Crippen molar-refractivity contribution in [3.05, 3.63) is 18.2 Å². The van der Waals surface area contributed by atoms with Gasteiger partial charge in [0.25, 0.3) is 0 Å². The van der Waals surface area contributed by atoms with Crippen LogP contribution in [0.15, 0.2) is 12.4 Å². The van der Waals surface area contributed by atoms with Crippen LogP contribution in [0.25, 0.3) is 0 Å². The van der Waals surface area contributed by atoms with E-state index in [1.807, 2.05) is 14.5 Å². The fraction of sp³-hybridized carbons (Fsp3) is 0.812. The van der Waals surface area contributed by atoms with Gasteiger partial charge in [0.05, 0.1) is 33.2 Å². The lowest BCUT2D eigenvalue weighted by Crippen LogP contribution is -2.30. The third-order valence-electron chi connectivity index (χ3n) is 5.61. The molecule has 0 saturated carbocycles. The van der Waals surface area contributed by atoms with E-state index in [2.05, 4.69) is 12.7 Å². The van der Waals surface area contributed by atoms with Gasteiger partial charge in [-0.2, -0.15) is 0 Å². The zero-order valence-corrected chi connectivity index (χ0v) is 20.5. The van der Waals surface area contributed by atoms with Crippen molar-refractivity contribution in [2.75, 3.05) is 27.0 Å². The van der Waals surface area contributed by atoms with Crippen molar-refractivity contribution in [1.29, 1.82) is 0 Å². The second-order valence-corrected chi connectivity index (χ2v) is 10.9. The molecular weight excluding hydrogens is 443 g/mol. The number of nitrogens with zero attached hydrogens (tertiary/aromatic N) is 2. The van der Waals surface area contributed by atoms with Crippen molar-refractivity contribution in [2.45, 2.75) is 56.2 Å². The minimum absolute atomic E-state index is 0.0228. The summed E-state index contributed by atoms with van der Waals surface area (Å²) in [6.45, 7) is 3.85. The summed E-state index contributed by atoms with van der Waals surface area (Å²) in [7, 11) is 1.43. The zero-order valence-electron chi connectivity index (χ0n) is 18.7. The van der Waals surface area contributed by atoms with Gasteiger partial charge < -0.3 is 28.2 Å². The fourth-order valence-electron chi connectivity index (χ4n) is 3.91. The Labute approximate surface area is 187 Å². The van der Waals surface area contributed by atoms with Crippen LogP contribution in [0.5, 0.6) is 0 Å². The van der Waals surface area contributed by atoms with Crippen LogP contribution in [0.4, 0.5) is 0 Å². The Morgan fingerprint density at radius 3 is 2.74 bits per heavy atom. The van der Waals surface area contributed by atoms with E-state index >= 15 is 0 Å². The molecular formula is C16H31B3N2O8P2. The van der Waals surface area contributed by atoms with E-state index in [-0.39, 0.29) is 36.9 Å². The van der Waals surface area contributed by atoms with Gasteiger partial charge >= 0.3 is 7.75 Å². The number of hydrogen-bond donors (Lipinski definition) is 1. The van der Waals surface area contributed by atoms with Crippen LogP contribution < -0.4 is 0 Å². The normalized spacial score (nSPS) is 33.9. The summed E-state index contributed by atoms with van der Waals surface area (Å²) >= 11 is 0. The summed E-state index contributed by atoms with van der Waals surface area (Å²) in [4.78, 5) is 14.2.